The van der Waals surface area contributed by atoms with Gasteiger partial charge in [0.25, 0.3) is 5.69 Å². The van der Waals surface area contributed by atoms with Crippen LogP contribution in [-0.2, 0) is 0 Å². The van der Waals surface area contributed by atoms with E-state index in [-0.39, 0.29) is 5.69 Å². The Morgan fingerprint density at radius 2 is 2.00 bits per heavy atom. The second-order valence-corrected chi connectivity index (χ2v) is 3.98. The quantitative estimate of drug-likeness (QED) is 0.425. The van der Waals surface area contributed by atoms with Crippen LogP contribution in [0.1, 0.15) is 10.4 Å². The average Bonchev–Trinajstić information content (AvgIpc) is 2.80. The summed E-state index contributed by atoms with van der Waals surface area (Å²) >= 11 is 0. The van der Waals surface area contributed by atoms with Gasteiger partial charge in [-0.25, -0.2) is 0 Å². The molecule has 0 saturated carbocycles. The van der Waals surface area contributed by atoms with Gasteiger partial charge in [-0.2, -0.15) is 0 Å². The summed E-state index contributed by atoms with van der Waals surface area (Å²) < 4.78 is 0. The van der Waals surface area contributed by atoms with Gasteiger partial charge in [0.05, 0.1) is 10.3 Å². The molecule has 0 amide bonds. The molecule has 0 aliphatic heterocycles. The number of carbonyl (C=O) groups excluding carboxylic acids is 1. The van der Waals surface area contributed by atoms with Crippen LogP contribution in [0.25, 0.3) is 21.7 Å². The Hall–Kier alpha value is -2.69. The van der Waals surface area contributed by atoms with E-state index in [4.69, 9.17) is 0 Å². The number of non-ortho nitro benzene ring substituents is 1. The van der Waals surface area contributed by atoms with E-state index in [1.807, 2.05) is 6.07 Å². The first-order chi connectivity index (χ1) is 8.72. The number of aromatic amines is 1. The maximum atomic E-state index is 11.1. The summed E-state index contributed by atoms with van der Waals surface area (Å²) in [5.74, 6) is 0. The Morgan fingerprint density at radius 3 is 2.72 bits per heavy atom. The zero-order chi connectivity index (χ0) is 12.7. The first-order valence-corrected chi connectivity index (χ1v) is 5.35. The van der Waals surface area contributed by atoms with E-state index in [2.05, 4.69) is 4.98 Å². The van der Waals surface area contributed by atoms with Crippen LogP contribution >= 0.6 is 0 Å². The molecule has 2 aromatic carbocycles. The van der Waals surface area contributed by atoms with E-state index < -0.39 is 4.92 Å². The molecule has 88 valence electrons. The molecule has 3 aromatic rings. The fraction of sp³-hybridized carbons (Fsp3) is 0. The number of hydrogen-bond acceptors (Lipinski definition) is 3. The van der Waals surface area contributed by atoms with Crippen LogP contribution < -0.4 is 0 Å². The van der Waals surface area contributed by atoms with Gasteiger partial charge in [-0.05, 0) is 11.5 Å². The van der Waals surface area contributed by atoms with Crippen LogP contribution in [0.2, 0.25) is 0 Å². The third kappa shape index (κ3) is 1.31. The number of H-pyrrole nitrogens is 1. The smallest absolute Gasteiger partial charge is 0.277 e. The van der Waals surface area contributed by atoms with Crippen LogP contribution in [-0.4, -0.2) is 16.2 Å². The average molecular weight is 240 g/mol. The zero-order valence-corrected chi connectivity index (χ0v) is 9.21. The van der Waals surface area contributed by atoms with Crippen molar-refractivity contribution in [1.29, 1.82) is 0 Å². The maximum Gasteiger partial charge on any atom is 0.277 e. The normalized spacial score (nSPS) is 10.9. The van der Waals surface area contributed by atoms with Crippen molar-refractivity contribution in [3.05, 3.63) is 52.2 Å². The van der Waals surface area contributed by atoms with Crippen molar-refractivity contribution in [3.63, 3.8) is 0 Å². The molecule has 0 unspecified atom stereocenters. The van der Waals surface area contributed by atoms with Gasteiger partial charge >= 0.3 is 0 Å². The summed E-state index contributed by atoms with van der Waals surface area (Å²) in [6, 6.07) is 8.50. The molecule has 1 aromatic heterocycles. The molecule has 0 saturated heterocycles. The minimum absolute atomic E-state index is 0.0146. The molecule has 5 heteroatoms. The molecule has 18 heavy (non-hydrogen) atoms. The number of benzene rings is 2. The van der Waals surface area contributed by atoms with Crippen molar-refractivity contribution < 1.29 is 9.72 Å². The van der Waals surface area contributed by atoms with Crippen LogP contribution in [0.5, 0.6) is 0 Å². The summed E-state index contributed by atoms with van der Waals surface area (Å²) in [5, 5.41) is 12.9. The number of fused-ring (bicyclic) bond motifs is 3. The second-order valence-electron chi connectivity index (χ2n) is 3.98. The Kier molecular flexibility index (Phi) is 2.13. The molecule has 0 spiro atoms. The number of nitrogens with one attached hydrogen (secondary N) is 1. The molecule has 1 N–H and O–H groups in total. The lowest BCUT2D eigenvalue weighted by molar-refractivity contribution is -0.383. The van der Waals surface area contributed by atoms with Crippen LogP contribution in [0.3, 0.4) is 0 Å². The van der Waals surface area contributed by atoms with E-state index in [0.29, 0.717) is 22.6 Å². The van der Waals surface area contributed by atoms with Gasteiger partial charge < -0.3 is 4.98 Å². The number of aromatic nitrogens is 1. The Morgan fingerprint density at radius 1 is 1.17 bits per heavy atom. The van der Waals surface area contributed by atoms with E-state index in [1.54, 1.807) is 24.4 Å². The molecule has 0 atom stereocenters. The zero-order valence-electron chi connectivity index (χ0n) is 9.21. The molecule has 0 radical (unpaired) electrons. The largest absolute Gasteiger partial charge is 0.360 e. The van der Waals surface area contributed by atoms with Crippen molar-refractivity contribution in [2.75, 3.05) is 0 Å². The molecule has 0 fully saturated rings. The third-order valence-corrected chi connectivity index (χ3v) is 3.02. The summed E-state index contributed by atoms with van der Waals surface area (Å²) in [7, 11) is 0. The number of rotatable bonds is 2. The lowest BCUT2D eigenvalue weighted by atomic mass is 10.0. The monoisotopic (exact) mass is 240 g/mol. The van der Waals surface area contributed by atoms with Crippen molar-refractivity contribution >= 4 is 33.6 Å². The van der Waals surface area contributed by atoms with Gasteiger partial charge in [-0.15, -0.1) is 0 Å². The van der Waals surface area contributed by atoms with Crippen molar-refractivity contribution in [2.45, 2.75) is 0 Å². The molecule has 5 nitrogen and oxygen atoms in total. The predicted molar refractivity (Wildman–Crippen MR) is 67.8 cm³/mol. The first-order valence-electron chi connectivity index (χ1n) is 5.35. The Balaban J connectivity index is 2.62. The van der Waals surface area contributed by atoms with Crippen LogP contribution in [0, 0.1) is 10.1 Å². The Bertz CT molecular complexity index is 789. The van der Waals surface area contributed by atoms with Gasteiger partial charge in [0, 0.05) is 28.7 Å². The fourth-order valence-corrected chi connectivity index (χ4v) is 2.25. The highest BCUT2D eigenvalue weighted by Crippen LogP contribution is 2.33. The van der Waals surface area contributed by atoms with Gasteiger partial charge in [0.15, 0.2) is 6.29 Å². The highest BCUT2D eigenvalue weighted by Gasteiger charge is 2.16. The van der Waals surface area contributed by atoms with Gasteiger partial charge in [-0.3, -0.25) is 14.9 Å². The second kappa shape index (κ2) is 3.66. The molecular weight excluding hydrogens is 232 g/mol. The summed E-state index contributed by atoms with van der Waals surface area (Å²) in [6.45, 7) is 0. The molecule has 1 heterocycles. The minimum atomic E-state index is -0.427. The van der Waals surface area contributed by atoms with E-state index in [0.717, 1.165) is 10.9 Å². The highest BCUT2D eigenvalue weighted by atomic mass is 16.6. The van der Waals surface area contributed by atoms with Gasteiger partial charge in [-0.1, -0.05) is 18.2 Å². The summed E-state index contributed by atoms with van der Waals surface area (Å²) in [4.78, 5) is 24.6. The maximum absolute atomic E-state index is 11.1. The van der Waals surface area contributed by atoms with E-state index in [9.17, 15) is 14.9 Å². The van der Waals surface area contributed by atoms with Crippen molar-refractivity contribution in [2.24, 2.45) is 0 Å². The third-order valence-electron chi connectivity index (χ3n) is 3.02. The number of nitrogens with zero attached hydrogens (tertiary/aromatic N) is 1. The van der Waals surface area contributed by atoms with Crippen LogP contribution in [0.15, 0.2) is 36.5 Å². The SMILES string of the molecule is O=Cc1c[nH]c2ccc3cccc([N+](=O)[O-])c3c12. The summed E-state index contributed by atoms with van der Waals surface area (Å²) in [6.07, 6.45) is 2.27. The van der Waals surface area contributed by atoms with E-state index in [1.165, 1.54) is 6.07 Å². The lowest BCUT2D eigenvalue weighted by Crippen LogP contribution is -1.90. The molecule has 0 aliphatic carbocycles. The Labute approximate surface area is 101 Å². The number of hydrogen-bond donors (Lipinski definition) is 1. The number of carbonyl (C=O) groups is 1. The topological polar surface area (TPSA) is 76.0 Å². The minimum Gasteiger partial charge on any atom is -0.360 e. The number of nitro benzene ring substituents is 1. The molecule has 0 aliphatic rings. The highest BCUT2D eigenvalue weighted by molar-refractivity contribution is 6.16. The molecule has 3 rings (SSSR count). The van der Waals surface area contributed by atoms with Gasteiger partial charge in [0.1, 0.15) is 0 Å². The number of nitro groups is 1. The first kappa shape index (κ1) is 10.5. The standard InChI is InChI=1S/C13H8N2O3/c16-7-9-6-14-10-5-4-8-2-1-3-11(15(17)18)13(8)12(9)10/h1-7,14H. The summed E-state index contributed by atoms with van der Waals surface area (Å²) in [5.41, 5.74) is 1.17. The van der Waals surface area contributed by atoms with Gasteiger partial charge in [0.2, 0.25) is 0 Å². The number of aldehydes is 1. The lowest BCUT2D eigenvalue weighted by Gasteiger charge is -2.01. The fourth-order valence-electron chi connectivity index (χ4n) is 2.25. The van der Waals surface area contributed by atoms with Crippen LogP contribution in [0.4, 0.5) is 5.69 Å². The van der Waals surface area contributed by atoms with Crippen molar-refractivity contribution in [3.8, 4) is 0 Å². The predicted octanol–water partition coefficient (Wildman–Crippen LogP) is 3.04. The van der Waals surface area contributed by atoms with Crippen molar-refractivity contribution in [1.82, 2.24) is 4.98 Å². The molecular formula is C13H8N2O3. The van der Waals surface area contributed by atoms with E-state index >= 15 is 0 Å². The molecule has 0 bridgehead atoms.